The van der Waals surface area contributed by atoms with E-state index < -0.39 is 16.1 Å². The van der Waals surface area contributed by atoms with Gasteiger partial charge < -0.3 is 9.47 Å². The summed E-state index contributed by atoms with van der Waals surface area (Å²) >= 11 is 0. The van der Waals surface area contributed by atoms with Crippen LogP contribution in [0, 0.1) is 46.6 Å². The molecule has 0 spiro atoms. The van der Waals surface area contributed by atoms with Crippen molar-refractivity contribution in [3.8, 4) is 58.1 Å². The third kappa shape index (κ3) is 11.4. The average Bonchev–Trinajstić information content (AvgIpc) is 3.14. The fourth-order valence-electron chi connectivity index (χ4n) is 8.33. The van der Waals surface area contributed by atoms with Crippen LogP contribution in [0.3, 0.4) is 0 Å². The van der Waals surface area contributed by atoms with Crippen molar-refractivity contribution in [2.24, 2.45) is 0 Å². The molecular weight excluding hydrogens is 717 g/mol. The van der Waals surface area contributed by atoms with Crippen LogP contribution in [0.1, 0.15) is 156 Å². The summed E-state index contributed by atoms with van der Waals surface area (Å²) in [5, 5.41) is 0. The third-order valence-corrected chi connectivity index (χ3v) is 24.0. The molecule has 0 amide bonds. The number of rotatable bonds is 14. The summed E-state index contributed by atoms with van der Waals surface area (Å²) in [6.45, 7) is 33.5. The number of benzene rings is 1. The zero-order chi connectivity index (χ0) is 41.5. The molecule has 3 rings (SSSR count). The molecule has 0 aliphatic rings. The maximum absolute atomic E-state index is 6.33. The van der Waals surface area contributed by atoms with E-state index in [2.05, 4.69) is 144 Å². The van der Waals surface area contributed by atoms with Crippen LogP contribution < -0.4 is 9.47 Å². The number of nitrogens with zero attached hydrogens (tertiary/aromatic N) is 2. The van der Waals surface area contributed by atoms with Gasteiger partial charge in [0.05, 0.1) is 24.3 Å². The minimum Gasteiger partial charge on any atom is -0.490 e. The van der Waals surface area contributed by atoms with Crippen LogP contribution >= 0.6 is 0 Å². The van der Waals surface area contributed by atoms with Crippen molar-refractivity contribution in [1.82, 2.24) is 9.97 Å². The Balaban J connectivity index is 2.28. The fraction of sp³-hybridized carbons (Fsp3) is 0.520. The molecule has 0 saturated heterocycles. The van der Waals surface area contributed by atoms with Gasteiger partial charge in [0, 0.05) is 35.7 Å². The molecule has 0 aliphatic heterocycles. The highest BCUT2D eigenvalue weighted by molar-refractivity contribution is 6.91. The fourth-order valence-corrected chi connectivity index (χ4v) is 18.7. The van der Waals surface area contributed by atoms with Crippen molar-refractivity contribution >= 4 is 16.1 Å². The van der Waals surface area contributed by atoms with E-state index in [1.165, 1.54) is 0 Å². The molecule has 298 valence electrons. The lowest BCUT2D eigenvalue weighted by Gasteiger charge is -2.38. The summed E-state index contributed by atoms with van der Waals surface area (Å²) in [7, 11) is -3.93. The first-order valence-corrected chi connectivity index (χ1v) is 25.6. The maximum Gasteiger partial charge on any atom is 0.162 e. The molecule has 0 unspecified atom stereocenters. The Morgan fingerprint density at radius 3 is 1.11 bits per heavy atom. The van der Waals surface area contributed by atoms with E-state index in [1.54, 1.807) is 0 Å². The van der Waals surface area contributed by atoms with Gasteiger partial charge in [-0.3, -0.25) is 0 Å². The molecule has 1 aromatic carbocycles. The summed E-state index contributed by atoms with van der Waals surface area (Å²) in [6.07, 6.45) is 7.58. The van der Waals surface area contributed by atoms with E-state index >= 15 is 0 Å². The van der Waals surface area contributed by atoms with Crippen LogP contribution in [0.15, 0.2) is 48.8 Å². The molecule has 2 heterocycles. The number of aromatic nitrogens is 2. The lowest BCUT2D eigenvalue weighted by atomic mass is 10.0. The molecule has 6 heteroatoms. The van der Waals surface area contributed by atoms with E-state index in [9.17, 15) is 0 Å². The first-order valence-electron chi connectivity index (χ1n) is 21.1. The predicted octanol–water partition coefficient (Wildman–Crippen LogP) is 12.8. The Morgan fingerprint density at radius 1 is 0.482 bits per heavy atom. The zero-order valence-corrected chi connectivity index (χ0v) is 39.0. The molecule has 3 aromatic rings. The lowest BCUT2D eigenvalue weighted by molar-refractivity contribution is 0.262. The molecule has 0 atom stereocenters. The minimum atomic E-state index is -1.97. The van der Waals surface area contributed by atoms with Crippen LogP contribution in [0.4, 0.5) is 0 Å². The topological polar surface area (TPSA) is 44.2 Å². The molecule has 0 N–H and O–H groups in total. The van der Waals surface area contributed by atoms with Gasteiger partial charge in [-0.05, 0) is 70.4 Å². The first kappa shape index (κ1) is 46.2. The normalized spacial score (nSPS) is 11.5. The summed E-state index contributed by atoms with van der Waals surface area (Å²) in [5.74, 6) is 22.3. The Hall–Kier alpha value is -4.21. The molecule has 56 heavy (non-hydrogen) atoms. The van der Waals surface area contributed by atoms with E-state index in [0.717, 1.165) is 47.9 Å². The van der Waals surface area contributed by atoms with Crippen LogP contribution in [-0.2, 0) is 0 Å². The van der Waals surface area contributed by atoms with Crippen molar-refractivity contribution in [1.29, 1.82) is 0 Å². The Bertz CT molecular complexity index is 1810. The number of unbranched alkanes of at least 4 members (excludes halogenated alkanes) is 2. The SMILES string of the molecule is CCCCOc1cc(C#Cc2cccnc2C#C[Si](C(C)C)(C(C)C)C(C)C)c(C#Cc2cccnc2C#C[Si](C(C)C)(C(C)C)C(C)C)cc1OCCCC. The summed E-state index contributed by atoms with van der Waals surface area (Å²) < 4.78 is 12.7. The minimum absolute atomic E-state index is 0.523. The Labute approximate surface area is 343 Å². The van der Waals surface area contributed by atoms with Gasteiger partial charge in [-0.25, -0.2) is 9.97 Å². The van der Waals surface area contributed by atoms with Crippen molar-refractivity contribution in [3.63, 3.8) is 0 Å². The van der Waals surface area contributed by atoms with Crippen molar-refractivity contribution in [2.75, 3.05) is 13.2 Å². The third-order valence-electron chi connectivity index (χ3n) is 11.4. The predicted molar refractivity (Wildman–Crippen MR) is 244 cm³/mol. The second-order valence-electron chi connectivity index (χ2n) is 16.8. The number of hydrogen-bond acceptors (Lipinski definition) is 4. The number of ether oxygens (including phenoxy) is 2. The molecule has 0 radical (unpaired) electrons. The molecule has 4 nitrogen and oxygen atoms in total. The second kappa shape index (κ2) is 21.9. The lowest BCUT2D eigenvalue weighted by Crippen LogP contribution is -2.43. The highest BCUT2D eigenvalue weighted by atomic mass is 28.3. The van der Waals surface area contributed by atoms with Crippen molar-refractivity contribution < 1.29 is 9.47 Å². The maximum atomic E-state index is 6.33. The highest BCUT2D eigenvalue weighted by Gasteiger charge is 2.42. The van der Waals surface area contributed by atoms with Gasteiger partial charge in [0.25, 0.3) is 0 Å². The highest BCUT2D eigenvalue weighted by Crippen LogP contribution is 2.42. The average molecular weight is 785 g/mol. The molecule has 0 fully saturated rings. The smallest absolute Gasteiger partial charge is 0.162 e. The standard InChI is InChI=1S/C50H68N2O2Si2/c1-15-17-31-53-49-35-45(25-23-43-21-19-29-51-47(43)27-33-55(37(3)4,38(5)6)39(7)8)46(36-50(49)54-32-18-16-2)26-24-44-22-20-30-52-48(44)28-34-56(40(9)10,41(11)12)42(13)14/h19-22,29-30,35-42H,15-18,31-32H2,1-14H3. The molecular formula is C50H68N2O2Si2. The summed E-state index contributed by atoms with van der Waals surface area (Å²) in [4.78, 5) is 9.45. The Morgan fingerprint density at radius 2 is 0.804 bits per heavy atom. The van der Waals surface area contributed by atoms with Gasteiger partial charge in [-0.2, -0.15) is 0 Å². The van der Waals surface area contributed by atoms with Gasteiger partial charge in [-0.15, -0.1) is 11.1 Å². The van der Waals surface area contributed by atoms with E-state index in [1.807, 2.05) is 48.8 Å². The molecule has 0 aliphatic carbocycles. The molecule has 0 saturated carbocycles. The van der Waals surface area contributed by atoms with E-state index in [4.69, 9.17) is 19.4 Å². The summed E-state index contributed by atoms with van der Waals surface area (Å²) in [6, 6.07) is 11.9. The van der Waals surface area contributed by atoms with Gasteiger partial charge in [0.15, 0.2) is 11.5 Å². The largest absolute Gasteiger partial charge is 0.490 e. The zero-order valence-electron chi connectivity index (χ0n) is 37.0. The van der Waals surface area contributed by atoms with E-state index in [-0.39, 0.29) is 0 Å². The number of pyridine rings is 2. The molecule has 2 aromatic heterocycles. The number of hydrogen-bond donors (Lipinski definition) is 0. The van der Waals surface area contributed by atoms with Crippen molar-refractivity contribution in [2.45, 2.75) is 156 Å². The van der Waals surface area contributed by atoms with Crippen LogP contribution in [0.2, 0.25) is 33.2 Å². The van der Waals surface area contributed by atoms with E-state index in [0.29, 0.717) is 69.3 Å². The quantitative estimate of drug-likeness (QED) is 0.0928. The van der Waals surface area contributed by atoms with Gasteiger partial charge in [-0.1, -0.05) is 145 Å². The van der Waals surface area contributed by atoms with Crippen LogP contribution in [-0.4, -0.2) is 39.3 Å². The van der Waals surface area contributed by atoms with Gasteiger partial charge >= 0.3 is 0 Å². The van der Waals surface area contributed by atoms with Gasteiger partial charge in [0.2, 0.25) is 0 Å². The van der Waals surface area contributed by atoms with Crippen molar-refractivity contribution in [3.05, 3.63) is 82.4 Å². The molecule has 0 bridgehead atoms. The van der Waals surface area contributed by atoms with Crippen LogP contribution in [0.25, 0.3) is 0 Å². The summed E-state index contributed by atoms with van der Waals surface area (Å²) in [5.41, 5.74) is 15.3. The first-order chi connectivity index (χ1) is 26.6. The van der Waals surface area contributed by atoms with Gasteiger partial charge in [0.1, 0.15) is 27.5 Å². The van der Waals surface area contributed by atoms with Crippen LogP contribution in [0.5, 0.6) is 11.5 Å². The second-order valence-corrected chi connectivity index (χ2v) is 28.0. The monoisotopic (exact) mass is 784 g/mol. The Kier molecular flexibility index (Phi) is 18.1.